The van der Waals surface area contributed by atoms with Crippen LogP contribution in [0.25, 0.3) is 21.5 Å². The molecule has 0 spiro atoms. The van der Waals surface area contributed by atoms with Crippen molar-refractivity contribution in [2.45, 2.75) is 6.42 Å². The van der Waals surface area contributed by atoms with Crippen molar-refractivity contribution >= 4 is 38.5 Å². The number of hydrogen-bond donors (Lipinski definition) is 0. The summed E-state index contributed by atoms with van der Waals surface area (Å²) in [5.41, 5.74) is 2.92. The van der Waals surface area contributed by atoms with E-state index in [1.54, 1.807) is 0 Å². The quantitative estimate of drug-likeness (QED) is 0.414. The van der Waals surface area contributed by atoms with E-state index in [0.717, 1.165) is 6.42 Å². The summed E-state index contributed by atoms with van der Waals surface area (Å²) in [6.07, 6.45) is 1.08. The van der Waals surface area contributed by atoms with Crippen molar-refractivity contribution in [1.82, 2.24) is 0 Å². The standard InChI is InChI=1S/C15H10.BrH/c1-3-10-7-11-4-2-6-13-9-14(10)12(5-1)8-15(11)13;/h1-6,8-9H,7H2;1H. The lowest BCUT2D eigenvalue weighted by molar-refractivity contribution is 1.25. The number of benzene rings is 3. The molecule has 0 nitrogen and oxygen atoms in total. The minimum Gasteiger partial charge on any atom is -0.114 e. The molecular weight excluding hydrogens is 260 g/mol. The van der Waals surface area contributed by atoms with Gasteiger partial charge in [0.2, 0.25) is 0 Å². The molecule has 0 heterocycles. The van der Waals surface area contributed by atoms with Crippen LogP contribution in [0.1, 0.15) is 11.1 Å². The summed E-state index contributed by atoms with van der Waals surface area (Å²) in [5.74, 6) is 0. The van der Waals surface area contributed by atoms with Gasteiger partial charge in [-0.15, -0.1) is 17.0 Å². The lowest BCUT2D eigenvalue weighted by Crippen LogP contribution is -1.84. The van der Waals surface area contributed by atoms with E-state index in [9.17, 15) is 0 Å². The molecule has 16 heavy (non-hydrogen) atoms. The monoisotopic (exact) mass is 270 g/mol. The van der Waals surface area contributed by atoms with Crippen LogP contribution in [0.4, 0.5) is 0 Å². The van der Waals surface area contributed by atoms with E-state index >= 15 is 0 Å². The molecule has 0 amide bonds. The van der Waals surface area contributed by atoms with Gasteiger partial charge in [-0.1, -0.05) is 36.4 Å². The van der Waals surface area contributed by atoms with Crippen molar-refractivity contribution in [2.24, 2.45) is 0 Å². The highest BCUT2D eigenvalue weighted by molar-refractivity contribution is 8.93. The minimum atomic E-state index is 0. The molecule has 2 aliphatic carbocycles. The van der Waals surface area contributed by atoms with Crippen LogP contribution in [0, 0.1) is 0 Å². The molecule has 0 saturated heterocycles. The fourth-order valence-corrected chi connectivity index (χ4v) is 2.69. The summed E-state index contributed by atoms with van der Waals surface area (Å²) >= 11 is 0. The zero-order valence-electron chi connectivity index (χ0n) is 8.73. The fraction of sp³-hybridized carbons (Fsp3) is 0.0667. The largest absolute Gasteiger partial charge is 0.114 e. The summed E-state index contributed by atoms with van der Waals surface area (Å²) in [4.78, 5) is 0. The normalized spacial score (nSPS) is 12.2. The van der Waals surface area contributed by atoms with Crippen LogP contribution in [0.2, 0.25) is 0 Å². The average molecular weight is 271 g/mol. The first kappa shape index (κ1) is 9.86. The Morgan fingerprint density at radius 3 is 1.69 bits per heavy atom. The van der Waals surface area contributed by atoms with E-state index in [0.29, 0.717) is 0 Å². The molecule has 0 aromatic heterocycles. The molecule has 3 aromatic rings. The van der Waals surface area contributed by atoms with Crippen LogP contribution in [0.15, 0.2) is 48.5 Å². The van der Waals surface area contributed by atoms with Gasteiger partial charge in [-0.05, 0) is 51.2 Å². The maximum Gasteiger partial charge on any atom is -0.00135 e. The predicted molar refractivity (Wildman–Crippen MR) is 74.6 cm³/mol. The Morgan fingerprint density at radius 2 is 1.19 bits per heavy atom. The molecule has 78 valence electrons. The molecule has 5 rings (SSSR count). The molecule has 0 radical (unpaired) electrons. The highest BCUT2D eigenvalue weighted by Crippen LogP contribution is 2.33. The van der Waals surface area contributed by atoms with Crippen molar-refractivity contribution in [3.05, 3.63) is 59.7 Å². The van der Waals surface area contributed by atoms with Gasteiger partial charge in [0.15, 0.2) is 0 Å². The van der Waals surface area contributed by atoms with Gasteiger partial charge in [0.05, 0.1) is 0 Å². The SMILES string of the molecule is Br.c1cc2c3cc4cccc(c4cc3c1)C2. The molecule has 0 saturated carbocycles. The van der Waals surface area contributed by atoms with Gasteiger partial charge in [-0.2, -0.15) is 0 Å². The zero-order valence-corrected chi connectivity index (χ0v) is 10.4. The molecule has 0 aliphatic heterocycles. The second-order valence-electron chi connectivity index (χ2n) is 4.31. The van der Waals surface area contributed by atoms with Gasteiger partial charge in [-0.3, -0.25) is 0 Å². The molecular formula is C15H11Br. The Hall–Kier alpha value is -1.34. The number of hydrogen-bond acceptors (Lipinski definition) is 0. The van der Waals surface area contributed by atoms with E-state index in [2.05, 4.69) is 48.5 Å². The van der Waals surface area contributed by atoms with E-state index in [4.69, 9.17) is 0 Å². The van der Waals surface area contributed by atoms with Crippen LogP contribution >= 0.6 is 17.0 Å². The summed E-state index contributed by atoms with van der Waals surface area (Å²) in [6.45, 7) is 0. The molecule has 0 unspecified atom stereocenters. The zero-order chi connectivity index (χ0) is 9.83. The maximum absolute atomic E-state index is 2.33. The molecule has 2 aliphatic rings. The third kappa shape index (κ3) is 1.15. The van der Waals surface area contributed by atoms with Crippen molar-refractivity contribution in [3.63, 3.8) is 0 Å². The molecule has 0 fully saturated rings. The number of halogens is 1. The number of rotatable bonds is 0. The minimum absolute atomic E-state index is 0. The molecule has 0 N–H and O–H groups in total. The first-order valence-corrected chi connectivity index (χ1v) is 5.35. The molecule has 3 aromatic carbocycles. The fourth-order valence-electron chi connectivity index (χ4n) is 2.69. The van der Waals surface area contributed by atoms with Crippen molar-refractivity contribution in [1.29, 1.82) is 0 Å². The van der Waals surface area contributed by atoms with Gasteiger partial charge >= 0.3 is 0 Å². The van der Waals surface area contributed by atoms with Crippen LogP contribution in [-0.2, 0) is 6.42 Å². The van der Waals surface area contributed by atoms with Crippen molar-refractivity contribution in [2.75, 3.05) is 0 Å². The predicted octanol–water partition coefficient (Wildman–Crippen LogP) is 4.48. The lowest BCUT2D eigenvalue weighted by Gasteiger charge is -2.00. The molecule has 0 atom stereocenters. The summed E-state index contributed by atoms with van der Waals surface area (Å²) in [6, 6.07) is 17.9. The molecule has 6 bridgehead atoms. The topological polar surface area (TPSA) is 0 Å². The Kier molecular flexibility index (Phi) is 2.05. The average Bonchev–Trinajstić information content (AvgIpc) is 2.42. The second kappa shape index (κ2) is 3.33. The smallest absolute Gasteiger partial charge is 0.00135 e. The third-order valence-corrected chi connectivity index (χ3v) is 3.44. The maximum atomic E-state index is 2.33. The van der Waals surface area contributed by atoms with Crippen LogP contribution in [-0.4, -0.2) is 0 Å². The lowest BCUT2D eigenvalue weighted by atomic mass is 10.0. The van der Waals surface area contributed by atoms with Gasteiger partial charge in [0.1, 0.15) is 0 Å². The Morgan fingerprint density at radius 1 is 0.688 bits per heavy atom. The van der Waals surface area contributed by atoms with E-state index in [1.807, 2.05) is 0 Å². The Labute approximate surface area is 105 Å². The van der Waals surface area contributed by atoms with Crippen molar-refractivity contribution < 1.29 is 0 Å². The summed E-state index contributed by atoms with van der Waals surface area (Å²) < 4.78 is 0. The van der Waals surface area contributed by atoms with Crippen molar-refractivity contribution in [3.8, 4) is 0 Å². The van der Waals surface area contributed by atoms with Gasteiger partial charge in [-0.25, -0.2) is 0 Å². The third-order valence-electron chi connectivity index (χ3n) is 3.44. The van der Waals surface area contributed by atoms with Gasteiger partial charge < -0.3 is 0 Å². The molecule has 1 heteroatoms. The van der Waals surface area contributed by atoms with E-state index in [1.165, 1.54) is 32.7 Å². The first-order valence-electron chi connectivity index (χ1n) is 5.35. The van der Waals surface area contributed by atoms with E-state index in [-0.39, 0.29) is 17.0 Å². The first-order chi connectivity index (χ1) is 7.42. The van der Waals surface area contributed by atoms with E-state index < -0.39 is 0 Å². The van der Waals surface area contributed by atoms with Crippen LogP contribution in [0.3, 0.4) is 0 Å². The summed E-state index contributed by atoms with van der Waals surface area (Å²) in [5, 5.41) is 5.60. The second-order valence-corrected chi connectivity index (χ2v) is 4.31. The van der Waals surface area contributed by atoms with Gasteiger partial charge in [0.25, 0.3) is 0 Å². The van der Waals surface area contributed by atoms with Crippen LogP contribution < -0.4 is 0 Å². The van der Waals surface area contributed by atoms with Crippen LogP contribution in [0.5, 0.6) is 0 Å². The van der Waals surface area contributed by atoms with Gasteiger partial charge in [0, 0.05) is 0 Å². The highest BCUT2D eigenvalue weighted by atomic mass is 79.9. The Bertz CT molecular complexity index is 637. The summed E-state index contributed by atoms with van der Waals surface area (Å²) in [7, 11) is 0. The highest BCUT2D eigenvalue weighted by Gasteiger charge is 2.11. The Balaban J connectivity index is 0.000000810.